The number of nitrogens with zero attached hydrogens (tertiary/aromatic N) is 3. The van der Waals surface area contributed by atoms with Crippen molar-refractivity contribution in [1.82, 2.24) is 9.88 Å². The van der Waals surface area contributed by atoms with Gasteiger partial charge in [0.2, 0.25) is 0 Å². The third-order valence-electron chi connectivity index (χ3n) is 8.98. The van der Waals surface area contributed by atoms with Crippen molar-refractivity contribution < 1.29 is 0 Å². The number of hydrogen-bond acceptors (Lipinski definition) is 4. The number of likely N-dealkylation sites (tertiary alicyclic amines) is 1. The number of hydrogen-bond donors (Lipinski definition) is 1. The minimum absolute atomic E-state index is 0.0350. The van der Waals surface area contributed by atoms with E-state index in [-0.39, 0.29) is 5.41 Å². The van der Waals surface area contributed by atoms with E-state index in [1.54, 1.807) is 0 Å². The lowest BCUT2D eigenvalue weighted by molar-refractivity contribution is 0.179. The summed E-state index contributed by atoms with van der Waals surface area (Å²) in [4.78, 5) is 10.0. The lowest BCUT2D eigenvalue weighted by atomic mass is 9.72. The number of anilines is 2. The summed E-state index contributed by atoms with van der Waals surface area (Å²) < 4.78 is 0. The summed E-state index contributed by atoms with van der Waals surface area (Å²) in [7, 11) is 0. The van der Waals surface area contributed by atoms with E-state index < -0.39 is 0 Å². The van der Waals surface area contributed by atoms with Crippen molar-refractivity contribution in [3.05, 3.63) is 76.7 Å². The van der Waals surface area contributed by atoms with Gasteiger partial charge in [-0.2, -0.15) is 0 Å². The molecule has 35 heavy (non-hydrogen) atoms. The average molecular weight is 489 g/mol. The number of nitrogens with one attached hydrogen (secondary N) is 1. The predicted octanol–water partition coefficient (Wildman–Crippen LogP) is 6.71. The SMILES string of the molecule is C=C1CCc2cc(CCCN3CCC4(CC3)C(=C)Nc3ccc(Cl)cc34)cnc2N1C1CC(C)C1. The second kappa shape index (κ2) is 8.97. The number of allylic oxidation sites excluding steroid dienone is 2. The van der Waals surface area contributed by atoms with Crippen molar-refractivity contribution >= 4 is 23.1 Å². The molecule has 1 saturated heterocycles. The van der Waals surface area contributed by atoms with E-state index in [1.165, 1.54) is 53.2 Å². The minimum atomic E-state index is 0.0350. The molecule has 6 rings (SSSR count). The van der Waals surface area contributed by atoms with Crippen molar-refractivity contribution in [2.75, 3.05) is 29.9 Å². The summed E-state index contributed by atoms with van der Waals surface area (Å²) in [6, 6.07) is 9.23. The minimum Gasteiger partial charge on any atom is -0.358 e. The fraction of sp³-hybridized carbons (Fsp3) is 0.500. The van der Waals surface area contributed by atoms with Gasteiger partial charge in [-0.05, 0) is 112 Å². The van der Waals surface area contributed by atoms with Gasteiger partial charge in [0.15, 0.2) is 0 Å². The van der Waals surface area contributed by atoms with Gasteiger partial charge in [-0.15, -0.1) is 0 Å². The predicted molar refractivity (Wildman–Crippen MR) is 146 cm³/mol. The zero-order chi connectivity index (χ0) is 24.2. The van der Waals surface area contributed by atoms with Crippen LogP contribution in [0.1, 0.15) is 62.1 Å². The van der Waals surface area contributed by atoms with Crippen LogP contribution in [0.15, 0.2) is 55.0 Å². The molecule has 5 heteroatoms. The Morgan fingerprint density at radius 1 is 1.14 bits per heavy atom. The van der Waals surface area contributed by atoms with Gasteiger partial charge in [0, 0.05) is 39.8 Å². The molecule has 4 heterocycles. The van der Waals surface area contributed by atoms with Crippen LogP contribution in [-0.2, 0) is 18.3 Å². The first-order valence-corrected chi connectivity index (χ1v) is 13.7. The van der Waals surface area contributed by atoms with E-state index in [4.69, 9.17) is 16.6 Å². The van der Waals surface area contributed by atoms with Gasteiger partial charge in [0.1, 0.15) is 5.82 Å². The number of halogens is 1. The zero-order valence-electron chi connectivity index (χ0n) is 21.0. The van der Waals surface area contributed by atoms with Crippen molar-refractivity contribution in [3.63, 3.8) is 0 Å². The van der Waals surface area contributed by atoms with Gasteiger partial charge in [0.05, 0.1) is 0 Å². The highest BCUT2D eigenvalue weighted by atomic mass is 35.5. The Bertz CT molecular complexity index is 1160. The van der Waals surface area contributed by atoms with Crippen molar-refractivity contribution in [3.8, 4) is 0 Å². The van der Waals surface area contributed by atoms with Crippen LogP contribution in [0, 0.1) is 5.92 Å². The summed E-state index contributed by atoms with van der Waals surface area (Å²) in [6.07, 6.45) is 11.3. The number of aryl methyl sites for hydroxylation is 2. The van der Waals surface area contributed by atoms with Crippen LogP contribution < -0.4 is 10.2 Å². The normalized spacial score (nSPS) is 25.3. The van der Waals surface area contributed by atoms with E-state index in [0.717, 1.165) is 68.4 Å². The molecule has 4 aliphatic rings. The Hall–Kier alpha value is -2.30. The van der Waals surface area contributed by atoms with Crippen LogP contribution in [0.3, 0.4) is 0 Å². The maximum atomic E-state index is 6.34. The molecular formula is C30H37ClN4. The Morgan fingerprint density at radius 3 is 2.71 bits per heavy atom. The molecule has 1 aromatic heterocycles. The number of benzene rings is 1. The molecular weight excluding hydrogens is 452 g/mol. The van der Waals surface area contributed by atoms with Gasteiger partial charge in [-0.1, -0.05) is 37.7 Å². The Kier molecular flexibility index (Phi) is 5.93. The van der Waals surface area contributed by atoms with E-state index in [2.05, 4.69) is 59.6 Å². The quantitative estimate of drug-likeness (QED) is 0.507. The molecule has 1 spiro atoms. The lowest BCUT2D eigenvalue weighted by Gasteiger charge is -2.45. The van der Waals surface area contributed by atoms with Crippen LogP contribution in [0.5, 0.6) is 0 Å². The standard InChI is InChI=1S/C30H37ClN4/c1-20-15-26(16-20)35-21(2)6-7-24-17-23(19-32-29(24)35)5-4-12-34-13-10-30(11-14-34)22(3)33-28-9-8-25(31)18-27(28)30/h8-9,17-20,26,33H,2-7,10-16H2,1H3. The van der Waals surface area contributed by atoms with E-state index in [9.17, 15) is 0 Å². The molecule has 0 unspecified atom stereocenters. The van der Waals surface area contributed by atoms with Crippen molar-refractivity contribution in [1.29, 1.82) is 0 Å². The molecule has 0 bridgehead atoms. The largest absolute Gasteiger partial charge is 0.358 e. The molecule has 1 aromatic carbocycles. The Balaban J connectivity index is 1.05. The molecule has 4 nitrogen and oxygen atoms in total. The second-order valence-electron chi connectivity index (χ2n) is 11.3. The maximum absolute atomic E-state index is 6.34. The first kappa shape index (κ1) is 23.1. The molecule has 2 aromatic rings. The molecule has 2 fully saturated rings. The van der Waals surface area contributed by atoms with Crippen LogP contribution in [0.25, 0.3) is 0 Å². The first-order valence-electron chi connectivity index (χ1n) is 13.4. The Morgan fingerprint density at radius 2 is 1.94 bits per heavy atom. The highest BCUT2D eigenvalue weighted by Gasteiger charge is 2.44. The molecule has 0 amide bonds. The zero-order valence-corrected chi connectivity index (χ0v) is 21.7. The molecule has 184 valence electrons. The maximum Gasteiger partial charge on any atom is 0.136 e. The van der Waals surface area contributed by atoms with E-state index in [1.807, 2.05) is 6.07 Å². The van der Waals surface area contributed by atoms with Gasteiger partial charge in [-0.25, -0.2) is 4.98 Å². The summed E-state index contributed by atoms with van der Waals surface area (Å²) in [5.74, 6) is 2.01. The van der Waals surface area contributed by atoms with E-state index in [0.29, 0.717) is 6.04 Å². The monoisotopic (exact) mass is 488 g/mol. The van der Waals surface area contributed by atoms with Gasteiger partial charge in [-0.3, -0.25) is 0 Å². The number of aromatic nitrogens is 1. The summed E-state index contributed by atoms with van der Waals surface area (Å²) >= 11 is 6.34. The van der Waals surface area contributed by atoms with Crippen LogP contribution in [0.2, 0.25) is 5.02 Å². The Labute approximate surface area is 215 Å². The molecule has 0 radical (unpaired) electrons. The van der Waals surface area contributed by atoms with Gasteiger partial charge in [0.25, 0.3) is 0 Å². The second-order valence-corrected chi connectivity index (χ2v) is 11.8. The smallest absolute Gasteiger partial charge is 0.136 e. The van der Waals surface area contributed by atoms with Gasteiger partial charge < -0.3 is 15.1 Å². The highest BCUT2D eigenvalue weighted by molar-refractivity contribution is 6.30. The third kappa shape index (κ3) is 4.09. The first-order chi connectivity index (χ1) is 16.9. The lowest BCUT2D eigenvalue weighted by Crippen LogP contribution is -2.45. The van der Waals surface area contributed by atoms with E-state index >= 15 is 0 Å². The van der Waals surface area contributed by atoms with Crippen LogP contribution >= 0.6 is 11.6 Å². The number of pyridine rings is 1. The summed E-state index contributed by atoms with van der Waals surface area (Å²) in [5, 5.41) is 4.34. The molecule has 1 aliphatic carbocycles. The van der Waals surface area contributed by atoms with Crippen molar-refractivity contribution in [2.45, 2.75) is 69.7 Å². The third-order valence-corrected chi connectivity index (χ3v) is 9.21. The highest BCUT2D eigenvalue weighted by Crippen LogP contribution is 2.50. The average Bonchev–Trinajstić information content (AvgIpc) is 3.09. The number of piperidine rings is 1. The molecule has 0 atom stereocenters. The van der Waals surface area contributed by atoms with Crippen molar-refractivity contribution in [2.24, 2.45) is 5.92 Å². The number of rotatable bonds is 5. The van der Waals surface area contributed by atoms with Gasteiger partial charge >= 0.3 is 0 Å². The molecule has 3 aliphatic heterocycles. The molecule has 1 saturated carbocycles. The van der Waals surface area contributed by atoms with Crippen LogP contribution in [-0.4, -0.2) is 35.6 Å². The number of fused-ring (bicyclic) bond motifs is 3. The fourth-order valence-electron chi connectivity index (χ4n) is 6.84. The fourth-order valence-corrected chi connectivity index (χ4v) is 7.02. The van der Waals surface area contributed by atoms with Crippen LogP contribution in [0.4, 0.5) is 11.5 Å². The topological polar surface area (TPSA) is 31.4 Å². The molecule has 1 N–H and O–H groups in total. The summed E-state index contributed by atoms with van der Waals surface area (Å²) in [6.45, 7) is 14.4. The summed E-state index contributed by atoms with van der Waals surface area (Å²) in [5.41, 5.74) is 7.74.